The molecule has 378 valence electrons. The average Bonchev–Trinajstić information content (AvgIpc) is 3.67. The summed E-state index contributed by atoms with van der Waals surface area (Å²) in [6, 6.07) is 0. The first-order chi connectivity index (χ1) is 29.5. The first-order valence-electron chi connectivity index (χ1n) is 23.8. The van der Waals surface area contributed by atoms with E-state index in [1.165, 1.54) is 0 Å². The van der Waals surface area contributed by atoms with Crippen molar-refractivity contribution in [3.8, 4) is 0 Å². The predicted molar refractivity (Wildman–Crippen MR) is 250 cm³/mol. The number of rotatable bonds is 15. The van der Waals surface area contributed by atoms with Gasteiger partial charge in [0, 0.05) is 44.9 Å². The van der Waals surface area contributed by atoms with E-state index in [4.69, 9.17) is 47.4 Å². The quantitative estimate of drug-likeness (QED) is 0.183. The molecule has 1 atom stereocenters. The minimum absolute atomic E-state index is 0.161. The summed E-state index contributed by atoms with van der Waals surface area (Å²) in [6.07, 6.45) is 7.76. The molecule has 63 heavy (non-hydrogen) atoms. The molecular formula is C46H93NO14S2. The molecule has 6 rings (SSSR count). The molecule has 6 fully saturated rings. The summed E-state index contributed by atoms with van der Waals surface area (Å²) in [5.74, 6) is 1.19. The van der Waals surface area contributed by atoms with Crippen LogP contribution < -0.4 is 0 Å². The molecule has 0 aromatic heterocycles. The van der Waals surface area contributed by atoms with Crippen LogP contribution in [0.1, 0.15) is 122 Å². The molecule has 0 aromatic carbocycles. The third-order valence-corrected chi connectivity index (χ3v) is 13.3. The van der Waals surface area contributed by atoms with Crippen LogP contribution in [0.3, 0.4) is 0 Å². The largest absolute Gasteiger partial charge is 0.381 e. The van der Waals surface area contributed by atoms with Crippen molar-refractivity contribution in [3.63, 3.8) is 0 Å². The second kappa shape index (κ2) is 33.0. The number of sulfone groups is 2. The van der Waals surface area contributed by atoms with E-state index in [-0.39, 0.29) is 18.3 Å². The second-order valence-corrected chi connectivity index (χ2v) is 23.7. The molecule has 0 spiro atoms. The maximum atomic E-state index is 11.1. The highest BCUT2D eigenvalue weighted by Crippen LogP contribution is 2.27. The summed E-state index contributed by atoms with van der Waals surface area (Å²) in [6.45, 7) is 37.0. The van der Waals surface area contributed by atoms with Crippen molar-refractivity contribution in [2.75, 3.05) is 109 Å². The third-order valence-electron chi connectivity index (χ3n) is 9.99. The van der Waals surface area contributed by atoms with Crippen LogP contribution in [0.15, 0.2) is 0 Å². The van der Waals surface area contributed by atoms with Crippen LogP contribution in [-0.2, 0) is 67.0 Å². The van der Waals surface area contributed by atoms with Crippen LogP contribution >= 0.6 is 0 Å². The minimum atomic E-state index is -2.74. The number of hydrogen-bond acceptors (Lipinski definition) is 15. The zero-order valence-corrected chi connectivity index (χ0v) is 43.4. The SMILES string of the molecule is CC(C)OC1CCOC1.CC(C)OC1CCOCC1.CC(C)OC1CCS(=O)(=O)CC1.CC(C)OC1COC1.CC(C)OCC1(C)COC1.CC(C)OCCN1CCS(=O)(=O)CC1. The van der Waals surface area contributed by atoms with Gasteiger partial charge in [-0.3, -0.25) is 4.90 Å². The van der Waals surface area contributed by atoms with Crippen molar-refractivity contribution >= 4 is 19.7 Å². The van der Waals surface area contributed by atoms with Crippen molar-refractivity contribution in [1.29, 1.82) is 0 Å². The molecule has 6 aliphatic heterocycles. The van der Waals surface area contributed by atoms with Gasteiger partial charge < -0.3 is 47.4 Å². The van der Waals surface area contributed by atoms with E-state index in [1.807, 2.05) is 41.5 Å². The molecule has 1 unspecified atom stereocenters. The lowest BCUT2D eigenvalue weighted by Gasteiger charge is -2.38. The monoisotopic (exact) mass is 948 g/mol. The standard InChI is InChI=1S/C9H19NO3S.C8H16O3S.2C8H16O2.C7H14O2.C6H12O2/c1-9(2)13-6-3-10-4-7-14(11,12)8-5-10;1-7(2)11-8-3-5-12(9,10)6-4-8;1-7(2)10-6-8(3)4-9-5-8;1-7(2)10-8-3-5-9-6-4-8;1-6(2)9-7-3-4-8-5-7;1-5(2)8-6-3-7-4-6/h9H,3-8H2,1-2H3;7-8H,3-6H2,1-2H3;7H,4-6H2,1-3H3;7-8H,3-6H2,1-2H3;6-7H,3-5H2,1-2H3;5-6H,3-4H2,1-2H3. The van der Waals surface area contributed by atoms with Crippen LogP contribution in [0, 0.1) is 5.41 Å². The Morgan fingerprint density at radius 1 is 0.492 bits per heavy atom. The molecular weight excluding hydrogens is 855 g/mol. The van der Waals surface area contributed by atoms with Gasteiger partial charge in [-0.1, -0.05) is 6.92 Å². The van der Waals surface area contributed by atoms with Crippen LogP contribution in [0.2, 0.25) is 0 Å². The Morgan fingerprint density at radius 2 is 0.905 bits per heavy atom. The average molecular weight is 948 g/mol. The summed E-state index contributed by atoms with van der Waals surface area (Å²) in [5.41, 5.74) is 0.310. The van der Waals surface area contributed by atoms with Crippen molar-refractivity contribution in [2.24, 2.45) is 5.41 Å². The molecule has 15 nitrogen and oxygen atoms in total. The molecule has 0 radical (unpaired) electrons. The van der Waals surface area contributed by atoms with Gasteiger partial charge >= 0.3 is 0 Å². The van der Waals surface area contributed by atoms with E-state index >= 15 is 0 Å². The molecule has 0 N–H and O–H groups in total. The normalized spacial score (nSPS) is 23.5. The smallest absolute Gasteiger partial charge is 0.152 e. The van der Waals surface area contributed by atoms with Crippen molar-refractivity contribution in [1.82, 2.24) is 4.90 Å². The molecule has 0 aliphatic carbocycles. The number of hydrogen-bond donors (Lipinski definition) is 0. The van der Waals surface area contributed by atoms with Crippen LogP contribution in [-0.4, -0.2) is 191 Å². The Hall–Kier alpha value is -0.540. The summed E-state index contributed by atoms with van der Waals surface area (Å²) in [5, 5.41) is 0. The van der Waals surface area contributed by atoms with Gasteiger partial charge in [0.1, 0.15) is 6.10 Å². The van der Waals surface area contributed by atoms with Gasteiger partial charge in [-0.25, -0.2) is 16.8 Å². The van der Waals surface area contributed by atoms with E-state index in [0.29, 0.717) is 104 Å². The molecule has 0 bridgehead atoms. The van der Waals surface area contributed by atoms with Gasteiger partial charge in [0.05, 0.1) is 124 Å². The summed E-state index contributed by atoms with van der Waals surface area (Å²) >= 11 is 0. The van der Waals surface area contributed by atoms with Crippen LogP contribution in [0.4, 0.5) is 0 Å². The van der Waals surface area contributed by atoms with E-state index in [2.05, 4.69) is 53.4 Å². The zero-order chi connectivity index (χ0) is 47.5. The highest BCUT2D eigenvalue weighted by Gasteiger charge is 2.33. The fourth-order valence-electron chi connectivity index (χ4n) is 6.56. The number of nitrogens with zero attached hydrogens (tertiary/aromatic N) is 1. The predicted octanol–water partition coefficient (Wildman–Crippen LogP) is 6.18. The lowest BCUT2D eigenvalue weighted by molar-refractivity contribution is -0.146. The highest BCUT2D eigenvalue weighted by atomic mass is 32.2. The van der Waals surface area contributed by atoms with E-state index in [9.17, 15) is 16.8 Å². The van der Waals surface area contributed by atoms with Crippen molar-refractivity contribution in [2.45, 2.75) is 183 Å². The van der Waals surface area contributed by atoms with Crippen molar-refractivity contribution in [3.05, 3.63) is 0 Å². The summed E-state index contributed by atoms with van der Waals surface area (Å²) < 4.78 is 97.5. The van der Waals surface area contributed by atoms with E-state index in [1.54, 1.807) is 0 Å². The van der Waals surface area contributed by atoms with E-state index in [0.717, 1.165) is 85.3 Å². The second-order valence-electron chi connectivity index (χ2n) is 19.1. The topological polar surface area (TPSA) is 164 Å². The molecule has 0 saturated carbocycles. The van der Waals surface area contributed by atoms with Gasteiger partial charge in [0.25, 0.3) is 0 Å². The zero-order valence-electron chi connectivity index (χ0n) is 41.8. The lowest BCUT2D eigenvalue weighted by atomic mass is 9.90. The van der Waals surface area contributed by atoms with E-state index < -0.39 is 19.7 Å². The van der Waals surface area contributed by atoms with Gasteiger partial charge in [-0.15, -0.1) is 0 Å². The molecule has 0 amide bonds. The van der Waals surface area contributed by atoms with Crippen LogP contribution in [0.5, 0.6) is 0 Å². The Kier molecular flexibility index (Phi) is 31.7. The number of ether oxygens (including phenoxy) is 10. The Bertz CT molecular complexity index is 1300. The van der Waals surface area contributed by atoms with Gasteiger partial charge in [0.15, 0.2) is 19.7 Å². The third kappa shape index (κ3) is 33.6. The van der Waals surface area contributed by atoms with Gasteiger partial charge in [-0.05, 0) is 115 Å². The highest BCUT2D eigenvalue weighted by molar-refractivity contribution is 7.91. The lowest BCUT2D eigenvalue weighted by Crippen LogP contribution is -2.44. The van der Waals surface area contributed by atoms with Gasteiger partial charge in [-0.2, -0.15) is 0 Å². The molecule has 6 saturated heterocycles. The first kappa shape index (κ1) is 60.5. The minimum Gasteiger partial charge on any atom is -0.381 e. The molecule has 6 aliphatic rings. The maximum Gasteiger partial charge on any atom is 0.152 e. The first-order valence-corrected chi connectivity index (χ1v) is 27.4. The molecule has 17 heteroatoms. The maximum absolute atomic E-state index is 11.1. The molecule has 6 heterocycles. The fraction of sp³-hybridized carbons (Fsp3) is 1.00. The Labute approximate surface area is 384 Å². The fourth-order valence-corrected chi connectivity index (χ4v) is 9.29. The summed E-state index contributed by atoms with van der Waals surface area (Å²) in [7, 11) is -5.47. The molecule has 0 aromatic rings. The van der Waals surface area contributed by atoms with Crippen LogP contribution in [0.25, 0.3) is 0 Å². The Morgan fingerprint density at radius 3 is 1.29 bits per heavy atom. The van der Waals surface area contributed by atoms with Gasteiger partial charge in [0.2, 0.25) is 0 Å². The van der Waals surface area contributed by atoms with Crippen molar-refractivity contribution < 1.29 is 64.2 Å². The Balaban J connectivity index is 0.000000381. The summed E-state index contributed by atoms with van der Waals surface area (Å²) in [4.78, 5) is 2.14.